The van der Waals surface area contributed by atoms with E-state index in [0.29, 0.717) is 11.0 Å². The van der Waals surface area contributed by atoms with Gasteiger partial charge in [-0.05, 0) is 64.8 Å². The van der Waals surface area contributed by atoms with Crippen LogP contribution in [0, 0.1) is 11.2 Å². The number of hydrogen-bond acceptors (Lipinski definition) is 1. The number of hydrogen-bond donors (Lipinski definition) is 1. The van der Waals surface area contributed by atoms with Crippen molar-refractivity contribution >= 4 is 15.9 Å². The fraction of sp³-hybridized carbons (Fsp3) is 0.455. The lowest BCUT2D eigenvalue weighted by Crippen LogP contribution is -2.17. The molecule has 1 nitrogen and oxygen atoms in total. The number of halogens is 2. The molecule has 0 saturated heterocycles. The van der Waals surface area contributed by atoms with Gasteiger partial charge in [-0.25, -0.2) is 4.39 Å². The van der Waals surface area contributed by atoms with Crippen molar-refractivity contribution in [2.75, 3.05) is 6.54 Å². The molecule has 0 bridgehead atoms. The minimum atomic E-state index is -0.185. The lowest BCUT2D eigenvalue weighted by atomic mass is 9.97. The first-order chi connectivity index (χ1) is 6.65. The Labute approximate surface area is 91.6 Å². The maximum Gasteiger partial charge on any atom is 0.137 e. The Morgan fingerprint density at radius 2 is 2.14 bits per heavy atom. The first-order valence-electron chi connectivity index (χ1n) is 4.79. The molecule has 1 saturated carbocycles. The SMILES string of the molecule is NCC1(Cc2ccc(Br)c(F)c2)CC1. The molecule has 2 N–H and O–H groups in total. The van der Waals surface area contributed by atoms with E-state index in [1.165, 1.54) is 12.8 Å². The summed E-state index contributed by atoms with van der Waals surface area (Å²) in [5.74, 6) is -0.185. The largest absolute Gasteiger partial charge is 0.330 e. The van der Waals surface area contributed by atoms with Crippen LogP contribution in [0.5, 0.6) is 0 Å². The third-order valence-electron chi connectivity index (χ3n) is 2.95. The molecule has 0 aromatic heterocycles. The predicted octanol–water partition coefficient (Wildman–Crippen LogP) is 2.87. The molecule has 1 aliphatic carbocycles. The van der Waals surface area contributed by atoms with Gasteiger partial charge in [-0.1, -0.05) is 6.07 Å². The van der Waals surface area contributed by atoms with Crippen molar-refractivity contribution < 1.29 is 4.39 Å². The molecule has 0 spiro atoms. The summed E-state index contributed by atoms with van der Waals surface area (Å²) < 4.78 is 13.7. The highest BCUT2D eigenvalue weighted by molar-refractivity contribution is 9.10. The smallest absolute Gasteiger partial charge is 0.137 e. The fourth-order valence-corrected chi connectivity index (χ4v) is 1.96. The van der Waals surface area contributed by atoms with E-state index in [9.17, 15) is 4.39 Å². The van der Waals surface area contributed by atoms with Crippen LogP contribution in [0.2, 0.25) is 0 Å². The molecule has 1 fully saturated rings. The van der Waals surface area contributed by atoms with Crippen molar-refractivity contribution in [2.24, 2.45) is 11.1 Å². The van der Waals surface area contributed by atoms with E-state index >= 15 is 0 Å². The Morgan fingerprint density at radius 1 is 1.43 bits per heavy atom. The average molecular weight is 258 g/mol. The molecule has 0 heterocycles. The minimum absolute atomic E-state index is 0.185. The molecule has 1 aromatic carbocycles. The molecular formula is C11H13BrFN. The van der Waals surface area contributed by atoms with Gasteiger partial charge in [-0.15, -0.1) is 0 Å². The third kappa shape index (κ3) is 1.98. The third-order valence-corrected chi connectivity index (χ3v) is 3.60. The summed E-state index contributed by atoms with van der Waals surface area (Å²) in [4.78, 5) is 0. The molecule has 0 unspecified atom stereocenters. The summed E-state index contributed by atoms with van der Waals surface area (Å²) in [7, 11) is 0. The molecule has 0 atom stereocenters. The molecule has 14 heavy (non-hydrogen) atoms. The van der Waals surface area contributed by atoms with Gasteiger partial charge in [0.05, 0.1) is 4.47 Å². The van der Waals surface area contributed by atoms with Crippen molar-refractivity contribution in [3.63, 3.8) is 0 Å². The van der Waals surface area contributed by atoms with Crippen LogP contribution in [-0.2, 0) is 6.42 Å². The van der Waals surface area contributed by atoms with Crippen LogP contribution in [0.25, 0.3) is 0 Å². The predicted molar refractivity (Wildman–Crippen MR) is 58.5 cm³/mol. The lowest BCUT2D eigenvalue weighted by Gasteiger charge is -2.12. The Morgan fingerprint density at radius 3 is 2.64 bits per heavy atom. The van der Waals surface area contributed by atoms with Crippen LogP contribution in [-0.4, -0.2) is 6.54 Å². The molecule has 0 radical (unpaired) electrons. The van der Waals surface area contributed by atoms with Crippen molar-refractivity contribution in [2.45, 2.75) is 19.3 Å². The van der Waals surface area contributed by atoms with Crippen molar-refractivity contribution in [3.8, 4) is 0 Å². The standard InChI is InChI=1S/C11H13BrFN/c12-9-2-1-8(5-10(9)13)6-11(7-14)3-4-11/h1-2,5H,3-4,6-7,14H2. The maximum atomic E-state index is 13.2. The van der Waals surface area contributed by atoms with E-state index < -0.39 is 0 Å². The first kappa shape index (κ1) is 10.1. The normalized spacial score (nSPS) is 18.2. The molecular weight excluding hydrogens is 245 g/mol. The van der Waals surface area contributed by atoms with Crippen LogP contribution in [0.4, 0.5) is 4.39 Å². The summed E-state index contributed by atoms with van der Waals surface area (Å²) in [5.41, 5.74) is 7.01. The van der Waals surface area contributed by atoms with Crippen molar-refractivity contribution in [1.29, 1.82) is 0 Å². The Hall–Kier alpha value is -0.410. The van der Waals surface area contributed by atoms with Gasteiger partial charge < -0.3 is 5.73 Å². The molecule has 1 aliphatic rings. The Balaban J connectivity index is 2.14. The van der Waals surface area contributed by atoms with Crippen molar-refractivity contribution in [3.05, 3.63) is 34.1 Å². The topological polar surface area (TPSA) is 26.0 Å². The van der Waals surface area contributed by atoms with Crippen LogP contribution in [0.1, 0.15) is 18.4 Å². The second-order valence-corrected chi connectivity index (χ2v) is 4.98. The quantitative estimate of drug-likeness (QED) is 0.886. The minimum Gasteiger partial charge on any atom is -0.330 e. The van der Waals surface area contributed by atoms with E-state index in [-0.39, 0.29) is 11.2 Å². The lowest BCUT2D eigenvalue weighted by molar-refractivity contribution is 0.518. The van der Waals surface area contributed by atoms with E-state index in [0.717, 1.165) is 12.0 Å². The zero-order valence-corrected chi connectivity index (χ0v) is 9.48. The summed E-state index contributed by atoms with van der Waals surface area (Å²) in [6.07, 6.45) is 3.27. The van der Waals surface area contributed by atoms with Gasteiger partial charge in [-0.3, -0.25) is 0 Å². The fourth-order valence-electron chi connectivity index (χ4n) is 1.71. The average Bonchev–Trinajstić information content (AvgIpc) is 2.93. The highest BCUT2D eigenvalue weighted by atomic mass is 79.9. The first-order valence-corrected chi connectivity index (χ1v) is 5.59. The van der Waals surface area contributed by atoms with Gasteiger partial charge in [0.1, 0.15) is 5.82 Å². The molecule has 1 aromatic rings. The summed E-state index contributed by atoms with van der Waals surface area (Å²) >= 11 is 3.14. The highest BCUT2D eigenvalue weighted by Crippen LogP contribution is 2.47. The van der Waals surface area contributed by atoms with Crippen LogP contribution in [0.3, 0.4) is 0 Å². The van der Waals surface area contributed by atoms with Gasteiger partial charge in [0, 0.05) is 0 Å². The van der Waals surface area contributed by atoms with Crippen LogP contribution >= 0.6 is 15.9 Å². The van der Waals surface area contributed by atoms with Gasteiger partial charge in [-0.2, -0.15) is 0 Å². The monoisotopic (exact) mass is 257 g/mol. The summed E-state index contributed by atoms with van der Waals surface area (Å²) in [6.45, 7) is 0.713. The zero-order chi connectivity index (χ0) is 10.2. The second kappa shape index (κ2) is 3.63. The Kier molecular flexibility index (Phi) is 2.62. The summed E-state index contributed by atoms with van der Waals surface area (Å²) in [5, 5.41) is 0. The van der Waals surface area contributed by atoms with E-state index in [2.05, 4.69) is 15.9 Å². The molecule has 76 valence electrons. The van der Waals surface area contributed by atoms with Gasteiger partial charge in [0.25, 0.3) is 0 Å². The molecule has 2 rings (SSSR count). The molecule has 0 aliphatic heterocycles. The van der Waals surface area contributed by atoms with E-state index in [1.807, 2.05) is 6.07 Å². The van der Waals surface area contributed by atoms with Crippen LogP contribution < -0.4 is 5.73 Å². The summed E-state index contributed by atoms with van der Waals surface area (Å²) in [6, 6.07) is 5.32. The van der Waals surface area contributed by atoms with E-state index in [4.69, 9.17) is 5.73 Å². The van der Waals surface area contributed by atoms with Gasteiger partial charge >= 0.3 is 0 Å². The molecule has 0 amide bonds. The van der Waals surface area contributed by atoms with Gasteiger partial charge in [0.15, 0.2) is 0 Å². The number of nitrogens with two attached hydrogens (primary N) is 1. The molecule has 3 heteroatoms. The number of benzene rings is 1. The van der Waals surface area contributed by atoms with Crippen molar-refractivity contribution in [1.82, 2.24) is 0 Å². The number of rotatable bonds is 3. The van der Waals surface area contributed by atoms with Gasteiger partial charge in [0.2, 0.25) is 0 Å². The maximum absolute atomic E-state index is 13.2. The van der Waals surface area contributed by atoms with E-state index in [1.54, 1.807) is 12.1 Å². The second-order valence-electron chi connectivity index (χ2n) is 4.13. The highest BCUT2D eigenvalue weighted by Gasteiger charge is 2.40. The van der Waals surface area contributed by atoms with Crippen LogP contribution in [0.15, 0.2) is 22.7 Å². The Bertz CT molecular complexity index is 347. The zero-order valence-electron chi connectivity index (χ0n) is 7.89.